The highest BCUT2D eigenvalue weighted by atomic mass is 32.2. The van der Waals surface area contributed by atoms with Gasteiger partial charge in [0.25, 0.3) is 0 Å². The maximum Gasteiger partial charge on any atom is 0.246 e. The van der Waals surface area contributed by atoms with Crippen molar-refractivity contribution >= 4 is 10.0 Å². The lowest BCUT2D eigenvalue weighted by atomic mass is 10.1. The standard InChI is InChI=1S/C19H26N4O2S/c1-21-11-12-23(19(15-21)16-7-3-2-4-8-16)26(24,25)18-13-20-22(14-18)17-9-5-6-10-17/h2-4,7-8,13-14,17,19H,5-6,9-12,15H2,1H3. The third-order valence-electron chi connectivity index (χ3n) is 5.60. The summed E-state index contributed by atoms with van der Waals surface area (Å²) in [6.07, 6.45) is 7.81. The Morgan fingerprint density at radius 1 is 1.08 bits per heavy atom. The molecule has 2 heterocycles. The van der Waals surface area contributed by atoms with Crippen LogP contribution in [0.1, 0.15) is 43.3 Å². The minimum Gasteiger partial charge on any atom is -0.303 e. The Hall–Kier alpha value is -1.70. The number of rotatable bonds is 4. The Labute approximate surface area is 155 Å². The summed E-state index contributed by atoms with van der Waals surface area (Å²) in [5.74, 6) is 0. The average Bonchev–Trinajstić information content (AvgIpc) is 3.34. The molecule has 1 saturated carbocycles. The van der Waals surface area contributed by atoms with Gasteiger partial charge in [0.05, 0.1) is 18.3 Å². The first-order valence-electron chi connectivity index (χ1n) is 9.35. The molecule has 2 aliphatic rings. The van der Waals surface area contributed by atoms with E-state index in [2.05, 4.69) is 10.00 Å². The first-order valence-corrected chi connectivity index (χ1v) is 10.8. The summed E-state index contributed by atoms with van der Waals surface area (Å²) in [6.45, 7) is 1.92. The fourth-order valence-electron chi connectivity index (χ4n) is 4.09. The molecule has 1 aliphatic carbocycles. The highest BCUT2D eigenvalue weighted by Gasteiger charge is 2.37. The number of aromatic nitrogens is 2. The van der Waals surface area contributed by atoms with E-state index >= 15 is 0 Å². The van der Waals surface area contributed by atoms with E-state index in [-0.39, 0.29) is 6.04 Å². The second kappa shape index (κ2) is 7.13. The van der Waals surface area contributed by atoms with Crippen molar-refractivity contribution in [1.82, 2.24) is 19.0 Å². The van der Waals surface area contributed by atoms with E-state index in [9.17, 15) is 8.42 Å². The lowest BCUT2D eigenvalue weighted by molar-refractivity contribution is 0.160. The van der Waals surface area contributed by atoms with Gasteiger partial charge in [0.1, 0.15) is 4.90 Å². The quantitative estimate of drug-likeness (QED) is 0.826. The first kappa shape index (κ1) is 17.7. The molecule has 1 atom stereocenters. The SMILES string of the molecule is CN1CCN(S(=O)(=O)c2cnn(C3CCCC3)c2)C(c2ccccc2)C1. The Balaban J connectivity index is 1.64. The van der Waals surface area contributed by atoms with Crippen molar-refractivity contribution in [2.75, 3.05) is 26.7 Å². The van der Waals surface area contributed by atoms with Crippen LogP contribution in [0, 0.1) is 0 Å². The lowest BCUT2D eigenvalue weighted by Gasteiger charge is -2.39. The number of sulfonamides is 1. The number of hydrogen-bond donors (Lipinski definition) is 0. The van der Waals surface area contributed by atoms with Crippen LogP contribution in [0.25, 0.3) is 0 Å². The zero-order valence-corrected chi connectivity index (χ0v) is 16.0. The molecule has 6 nitrogen and oxygen atoms in total. The summed E-state index contributed by atoms with van der Waals surface area (Å²) in [5.41, 5.74) is 1.03. The van der Waals surface area contributed by atoms with Gasteiger partial charge in [0.15, 0.2) is 0 Å². The van der Waals surface area contributed by atoms with Crippen LogP contribution in [0.2, 0.25) is 0 Å². The molecule has 0 amide bonds. The zero-order chi connectivity index (χ0) is 18.1. The summed E-state index contributed by atoms with van der Waals surface area (Å²) in [5, 5.41) is 4.37. The second-order valence-electron chi connectivity index (χ2n) is 7.40. The topological polar surface area (TPSA) is 58.4 Å². The van der Waals surface area contributed by atoms with E-state index < -0.39 is 10.0 Å². The molecule has 0 radical (unpaired) electrons. The van der Waals surface area contributed by atoms with Gasteiger partial charge in [-0.2, -0.15) is 9.40 Å². The minimum absolute atomic E-state index is 0.171. The molecule has 0 bridgehead atoms. The lowest BCUT2D eigenvalue weighted by Crippen LogP contribution is -2.49. The molecule has 26 heavy (non-hydrogen) atoms. The van der Waals surface area contributed by atoms with Crippen molar-refractivity contribution < 1.29 is 8.42 Å². The molecular weight excluding hydrogens is 348 g/mol. The second-order valence-corrected chi connectivity index (χ2v) is 9.29. The monoisotopic (exact) mass is 374 g/mol. The van der Waals surface area contributed by atoms with Gasteiger partial charge in [0, 0.05) is 25.8 Å². The van der Waals surface area contributed by atoms with Crippen molar-refractivity contribution in [2.24, 2.45) is 0 Å². The predicted molar refractivity (Wildman–Crippen MR) is 100 cm³/mol. The maximum atomic E-state index is 13.4. The summed E-state index contributed by atoms with van der Waals surface area (Å²) in [7, 11) is -1.53. The van der Waals surface area contributed by atoms with Gasteiger partial charge in [-0.3, -0.25) is 4.68 Å². The summed E-state index contributed by atoms with van der Waals surface area (Å²) in [6, 6.07) is 10.1. The van der Waals surface area contributed by atoms with Crippen LogP contribution in [0.15, 0.2) is 47.6 Å². The molecule has 1 saturated heterocycles. The molecule has 1 aromatic carbocycles. The molecule has 1 aliphatic heterocycles. The Morgan fingerprint density at radius 3 is 2.54 bits per heavy atom. The van der Waals surface area contributed by atoms with Crippen LogP contribution in [-0.4, -0.2) is 54.1 Å². The van der Waals surface area contributed by atoms with Crippen molar-refractivity contribution in [2.45, 2.75) is 42.7 Å². The number of piperazine rings is 1. The number of nitrogens with zero attached hydrogens (tertiary/aromatic N) is 4. The fourth-order valence-corrected chi connectivity index (χ4v) is 5.63. The van der Waals surface area contributed by atoms with E-state index in [1.54, 1.807) is 10.5 Å². The van der Waals surface area contributed by atoms with Gasteiger partial charge in [-0.1, -0.05) is 43.2 Å². The van der Waals surface area contributed by atoms with Crippen molar-refractivity contribution in [3.63, 3.8) is 0 Å². The Kier molecular flexibility index (Phi) is 4.86. The van der Waals surface area contributed by atoms with E-state index in [4.69, 9.17) is 0 Å². The molecule has 4 rings (SSSR count). The fraction of sp³-hybridized carbons (Fsp3) is 0.526. The van der Waals surface area contributed by atoms with E-state index in [1.165, 1.54) is 19.0 Å². The van der Waals surface area contributed by atoms with Gasteiger partial charge >= 0.3 is 0 Å². The molecular formula is C19H26N4O2S. The van der Waals surface area contributed by atoms with E-state index in [0.29, 0.717) is 24.0 Å². The van der Waals surface area contributed by atoms with E-state index in [1.807, 2.05) is 42.1 Å². The smallest absolute Gasteiger partial charge is 0.246 e. The number of hydrogen-bond acceptors (Lipinski definition) is 4. The van der Waals surface area contributed by atoms with Gasteiger partial charge in [0.2, 0.25) is 10.0 Å². The van der Waals surface area contributed by atoms with Crippen molar-refractivity contribution in [1.29, 1.82) is 0 Å². The van der Waals surface area contributed by atoms with Crippen LogP contribution in [-0.2, 0) is 10.0 Å². The first-order chi connectivity index (χ1) is 12.6. The van der Waals surface area contributed by atoms with Gasteiger partial charge in [-0.25, -0.2) is 8.42 Å². The molecule has 0 N–H and O–H groups in total. The summed E-state index contributed by atoms with van der Waals surface area (Å²) in [4.78, 5) is 2.50. The van der Waals surface area contributed by atoms with E-state index in [0.717, 1.165) is 24.9 Å². The Bertz CT molecular complexity index is 843. The predicted octanol–water partition coefficient (Wildman–Crippen LogP) is 2.68. The third-order valence-corrected chi connectivity index (χ3v) is 7.46. The third kappa shape index (κ3) is 3.31. The molecule has 140 valence electrons. The number of benzene rings is 1. The largest absolute Gasteiger partial charge is 0.303 e. The van der Waals surface area contributed by atoms with Gasteiger partial charge in [-0.15, -0.1) is 0 Å². The van der Waals surface area contributed by atoms with Gasteiger partial charge in [-0.05, 0) is 25.5 Å². The van der Waals surface area contributed by atoms with Crippen molar-refractivity contribution in [3.8, 4) is 0 Å². The van der Waals surface area contributed by atoms with Crippen LogP contribution in [0.5, 0.6) is 0 Å². The molecule has 1 aromatic heterocycles. The molecule has 2 aromatic rings. The van der Waals surface area contributed by atoms with Crippen LogP contribution >= 0.6 is 0 Å². The average molecular weight is 375 g/mol. The zero-order valence-electron chi connectivity index (χ0n) is 15.2. The van der Waals surface area contributed by atoms with Gasteiger partial charge < -0.3 is 4.90 Å². The van der Waals surface area contributed by atoms with Crippen LogP contribution in [0.4, 0.5) is 0 Å². The number of likely N-dealkylation sites (N-methyl/N-ethyl adjacent to an activating group) is 1. The maximum absolute atomic E-state index is 13.4. The highest BCUT2D eigenvalue weighted by Crippen LogP contribution is 2.33. The Morgan fingerprint density at radius 2 is 1.81 bits per heavy atom. The van der Waals surface area contributed by atoms with Crippen LogP contribution < -0.4 is 0 Å². The molecule has 0 spiro atoms. The molecule has 2 fully saturated rings. The highest BCUT2D eigenvalue weighted by molar-refractivity contribution is 7.89. The normalized spacial score (nSPS) is 23.5. The summed E-state index contributed by atoms with van der Waals surface area (Å²) < 4.78 is 30.2. The van der Waals surface area contributed by atoms with Crippen LogP contribution in [0.3, 0.4) is 0 Å². The minimum atomic E-state index is -3.57. The summed E-state index contributed by atoms with van der Waals surface area (Å²) >= 11 is 0. The molecule has 1 unspecified atom stereocenters. The molecule has 7 heteroatoms. The van der Waals surface area contributed by atoms with Crippen molar-refractivity contribution in [3.05, 3.63) is 48.3 Å².